The van der Waals surface area contributed by atoms with Crippen LogP contribution in [0.4, 0.5) is 5.82 Å². The number of hydrogen-bond donors (Lipinski definition) is 2. The Morgan fingerprint density at radius 2 is 1.83 bits per heavy atom. The molecule has 1 amide bonds. The number of aromatic nitrogens is 2. The van der Waals surface area contributed by atoms with Gasteiger partial charge in [0.1, 0.15) is 11.5 Å². The number of rotatable bonds is 9. The maximum Gasteiger partial charge on any atom is 0.225 e. The molecule has 0 spiro atoms. The lowest BCUT2D eigenvalue weighted by Crippen LogP contribution is -2.11. The van der Waals surface area contributed by atoms with Crippen molar-refractivity contribution in [3.63, 3.8) is 0 Å². The zero-order valence-corrected chi connectivity index (χ0v) is 19.6. The van der Waals surface area contributed by atoms with E-state index in [0.29, 0.717) is 18.8 Å². The van der Waals surface area contributed by atoms with Crippen LogP contribution in [0.3, 0.4) is 0 Å². The molecule has 5 aromatic rings. The molecule has 176 valence electrons. The molecule has 35 heavy (non-hydrogen) atoms. The minimum absolute atomic E-state index is 0.0487. The predicted octanol–water partition coefficient (Wildman–Crippen LogP) is 6.85. The van der Waals surface area contributed by atoms with Crippen LogP contribution in [0.2, 0.25) is 0 Å². The molecule has 6 nitrogen and oxygen atoms in total. The third-order valence-corrected chi connectivity index (χ3v) is 5.89. The number of ether oxygens (including phenoxy) is 1. The average molecular weight is 466 g/mol. The molecule has 2 heterocycles. The molecule has 0 saturated heterocycles. The van der Waals surface area contributed by atoms with Crippen molar-refractivity contribution in [1.82, 2.24) is 10.2 Å². The zero-order chi connectivity index (χ0) is 24.0. The van der Waals surface area contributed by atoms with E-state index in [4.69, 9.17) is 9.15 Å². The molecule has 5 rings (SSSR count). The number of carbonyl (C=O) groups is 1. The van der Waals surface area contributed by atoms with E-state index in [1.165, 1.54) is 5.56 Å². The number of fused-ring (bicyclic) bond motifs is 1. The van der Waals surface area contributed by atoms with Gasteiger partial charge < -0.3 is 14.5 Å². The monoisotopic (exact) mass is 465 g/mol. The van der Waals surface area contributed by atoms with Crippen molar-refractivity contribution in [2.75, 3.05) is 11.9 Å². The van der Waals surface area contributed by atoms with E-state index in [0.717, 1.165) is 51.9 Å². The molecule has 6 heteroatoms. The molecule has 0 unspecified atom stereocenters. The third kappa shape index (κ3) is 5.11. The Morgan fingerprint density at radius 3 is 2.57 bits per heavy atom. The van der Waals surface area contributed by atoms with Crippen LogP contribution in [0.5, 0.6) is 5.75 Å². The lowest BCUT2D eigenvalue weighted by atomic mass is 9.96. The van der Waals surface area contributed by atoms with E-state index in [9.17, 15) is 4.79 Å². The van der Waals surface area contributed by atoms with Crippen LogP contribution >= 0.6 is 0 Å². The number of amides is 1. The fourth-order valence-corrected chi connectivity index (χ4v) is 4.12. The van der Waals surface area contributed by atoms with Gasteiger partial charge in [-0.05, 0) is 59.5 Å². The molecule has 0 radical (unpaired) electrons. The molecule has 0 aliphatic rings. The van der Waals surface area contributed by atoms with E-state index in [1.807, 2.05) is 73.7 Å². The molecular weight excluding hydrogens is 438 g/mol. The summed E-state index contributed by atoms with van der Waals surface area (Å²) in [6, 6.07) is 26.2. The standard InChI is InChI=1S/C29H27N3O3/c1-2-7-28(33)30-29-25-18-24(27-10-6-16-35-27)23(19-26(25)31-32-29)21-11-13-22(14-12-21)34-17-15-20-8-4-3-5-9-20/h3-6,8-14,16,18-19H,2,7,15,17H2,1H3,(H2,30,31,32,33). The summed E-state index contributed by atoms with van der Waals surface area (Å²) < 4.78 is 11.7. The maximum atomic E-state index is 12.1. The predicted molar refractivity (Wildman–Crippen MR) is 138 cm³/mol. The Bertz CT molecular complexity index is 1410. The fraction of sp³-hybridized carbons (Fsp3) is 0.172. The normalized spacial score (nSPS) is 11.0. The Balaban J connectivity index is 1.41. The average Bonchev–Trinajstić information content (AvgIpc) is 3.55. The Labute approximate surface area is 203 Å². The number of aromatic amines is 1. The number of hydrogen-bond acceptors (Lipinski definition) is 4. The third-order valence-electron chi connectivity index (χ3n) is 5.89. The first-order valence-electron chi connectivity index (χ1n) is 11.8. The van der Waals surface area contributed by atoms with Gasteiger partial charge in [-0.15, -0.1) is 0 Å². The second kappa shape index (κ2) is 10.3. The largest absolute Gasteiger partial charge is 0.493 e. The summed E-state index contributed by atoms with van der Waals surface area (Å²) in [5.74, 6) is 2.05. The summed E-state index contributed by atoms with van der Waals surface area (Å²) in [5.41, 5.74) is 5.04. The Morgan fingerprint density at radius 1 is 1.00 bits per heavy atom. The number of furan rings is 1. The van der Waals surface area contributed by atoms with Crippen LogP contribution in [0.25, 0.3) is 33.4 Å². The highest BCUT2D eigenvalue weighted by Crippen LogP contribution is 2.38. The fourth-order valence-electron chi connectivity index (χ4n) is 4.12. The topological polar surface area (TPSA) is 80.2 Å². The van der Waals surface area contributed by atoms with Crippen LogP contribution in [-0.2, 0) is 11.2 Å². The van der Waals surface area contributed by atoms with Gasteiger partial charge >= 0.3 is 0 Å². The van der Waals surface area contributed by atoms with Crippen molar-refractivity contribution in [3.8, 4) is 28.2 Å². The van der Waals surface area contributed by atoms with Crippen LogP contribution in [-0.4, -0.2) is 22.7 Å². The summed E-state index contributed by atoms with van der Waals surface area (Å²) in [5, 5.41) is 11.1. The summed E-state index contributed by atoms with van der Waals surface area (Å²) in [6.45, 7) is 2.59. The van der Waals surface area contributed by atoms with Gasteiger partial charge in [0.25, 0.3) is 0 Å². The Kier molecular flexibility index (Phi) is 6.61. The molecule has 2 aromatic heterocycles. The smallest absolute Gasteiger partial charge is 0.225 e. The van der Waals surface area contributed by atoms with Gasteiger partial charge in [-0.1, -0.05) is 49.4 Å². The molecule has 2 N–H and O–H groups in total. The number of nitrogens with zero attached hydrogens (tertiary/aromatic N) is 1. The lowest BCUT2D eigenvalue weighted by Gasteiger charge is -2.11. The van der Waals surface area contributed by atoms with Crippen molar-refractivity contribution >= 4 is 22.6 Å². The van der Waals surface area contributed by atoms with Crippen LogP contribution < -0.4 is 10.1 Å². The number of anilines is 1. The molecule has 0 fully saturated rings. The second-order valence-corrected chi connectivity index (χ2v) is 8.40. The first kappa shape index (κ1) is 22.5. The van der Waals surface area contributed by atoms with E-state index < -0.39 is 0 Å². The summed E-state index contributed by atoms with van der Waals surface area (Å²) in [4.78, 5) is 12.1. The van der Waals surface area contributed by atoms with Crippen molar-refractivity contribution in [2.24, 2.45) is 0 Å². The molecule has 0 bridgehead atoms. The number of benzene rings is 3. The van der Waals surface area contributed by atoms with E-state index >= 15 is 0 Å². The SMILES string of the molecule is CCCC(=O)Nc1n[nH]c2cc(-c3ccc(OCCc4ccccc4)cc3)c(-c3ccco3)cc12. The molecule has 0 atom stereocenters. The number of nitrogens with one attached hydrogen (secondary N) is 2. The van der Waals surface area contributed by atoms with Gasteiger partial charge in [-0.3, -0.25) is 9.89 Å². The first-order chi connectivity index (χ1) is 17.2. The van der Waals surface area contributed by atoms with Crippen molar-refractivity contribution in [3.05, 3.63) is 90.7 Å². The van der Waals surface area contributed by atoms with Gasteiger partial charge in [-0.2, -0.15) is 5.10 Å². The minimum Gasteiger partial charge on any atom is -0.493 e. The highest BCUT2D eigenvalue weighted by molar-refractivity contribution is 6.03. The van der Waals surface area contributed by atoms with Gasteiger partial charge in [-0.25, -0.2) is 0 Å². The molecule has 0 saturated carbocycles. The molecule has 0 aliphatic carbocycles. The van der Waals surface area contributed by atoms with Crippen LogP contribution in [0.15, 0.2) is 89.5 Å². The van der Waals surface area contributed by atoms with E-state index in [1.54, 1.807) is 6.26 Å². The summed E-state index contributed by atoms with van der Waals surface area (Å²) in [6.07, 6.45) is 3.75. The highest BCUT2D eigenvalue weighted by atomic mass is 16.5. The lowest BCUT2D eigenvalue weighted by molar-refractivity contribution is -0.116. The zero-order valence-electron chi connectivity index (χ0n) is 19.6. The summed E-state index contributed by atoms with van der Waals surface area (Å²) >= 11 is 0. The van der Waals surface area contributed by atoms with Gasteiger partial charge in [0.05, 0.1) is 18.4 Å². The Hall–Kier alpha value is -4.32. The van der Waals surface area contributed by atoms with Crippen molar-refractivity contribution < 1.29 is 13.9 Å². The van der Waals surface area contributed by atoms with Gasteiger partial charge in [0, 0.05) is 23.8 Å². The van der Waals surface area contributed by atoms with Crippen molar-refractivity contribution in [1.29, 1.82) is 0 Å². The molecule has 3 aromatic carbocycles. The number of carbonyl (C=O) groups excluding carboxylic acids is 1. The molecular formula is C29H27N3O3. The first-order valence-corrected chi connectivity index (χ1v) is 11.8. The van der Waals surface area contributed by atoms with Crippen LogP contribution in [0.1, 0.15) is 25.3 Å². The van der Waals surface area contributed by atoms with E-state index in [2.05, 4.69) is 27.6 Å². The molecule has 0 aliphatic heterocycles. The van der Waals surface area contributed by atoms with Gasteiger partial charge in [0.2, 0.25) is 5.91 Å². The minimum atomic E-state index is -0.0487. The second-order valence-electron chi connectivity index (χ2n) is 8.40. The number of H-pyrrole nitrogens is 1. The van der Waals surface area contributed by atoms with Gasteiger partial charge in [0.15, 0.2) is 5.82 Å². The van der Waals surface area contributed by atoms with Crippen molar-refractivity contribution in [2.45, 2.75) is 26.2 Å². The maximum absolute atomic E-state index is 12.1. The summed E-state index contributed by atoms with van der Waals surface area (Å²) in [7, 11) is 0. The van der Waals surface area contributed by atoms with Crippen LogP contribution in [0, 0.1) is 0 Å². The quantitative estimate of drug-likeness (QED) is 0.249. The highest BCUT2D eigenvalue weighted by Gasteiger charge is 2.16. The van der Waals surface area contributed by atoms with E-state index in [-0.39, 0.29) is 5.91 Å².